The van der Waals surface area contributed by atoms with E-state index < -0.39 is 0 Å². The summed E-state index contributed by atoms with van der Waals surface area (Å²) in [6.07, 6.45) is 5.34. The minimum Gasteiger partial charge on any atom is -0.368 e. The van der Waals surface area contributed by atoms with E-state index in [0.29, 0.717) is 18.0 Å². The van der Waals surface area contributed by atoms with Crippen molar-refractivity contribution >= 4 is 22.9 Å². The number of hydrogen-bond acceptors (Lipinski definition) is 6. The number of aromatic nitrogens is 3. The summed E-state index contributed by atoms with van der Waals surface area (Å²) < 4.78 is 0. The van der Waals surface area contributed by atoms with Gasteiger partial charge >= 0.3 is 0 Å². The normalized spacial score (nSPS) is 14.5. The molecule has 0 radical (unpaired) electrons. The molecule has 0 saturated carbocycles. The van der Waals surface area contributed by atoms with E-state index in [0.717, 1.165) is 35.2 Å². The lowest BCUT2D eigenvalue weighted by Gasteiger charge is -2.35. The van der Waals surface area contributed by atoms with Crippen LogP contribution in [0, 0.1) is 6.92 Å². The Morgan fingerprint density at radius 3 is 2.50 bits per heavy atom. The highest BCUT2D eigenvalue weighted by Crippen LogP contribution is 2.28. The van der Waals surface area contributed by atoms with Gasteiger partial charge in [0.05, 0.1) is 11.4 Å². The lowest BCUT2D eigenvalue weighted by Crippen LogP contribution is -2.48. The molecule has 26 heavy (non-hydrogen) atoms. The number of nitrogens with zero attached hydrogens (tertiary/aromatic N) is 5. The number of thiazole rings is 1. The van der Waals surface area contributed by atoms with E-state index in [4.69, 9.17) is 0 Å². The van der Waals surface area contributed by atoms with E-state index in [9.17, 15) is 4.79 Å². The number of carbonyl (C=O) groups excluding carboxylic acids is 1. The summed E-state index contributed by atoms with van der Waals surface area (Å²) in [6, 6.07) is 9.73. The molecule has 1 saturated heterocycles. The van der Waals surface area contributed by atoms with E-state index in [1.54, 1.807) is 18.6 Å². The molecule has 1 aliphatic heterocycles. The minimum absolute atomic E-state index is 0.0663. The monoisotopic (exact) mass is 365 g/mol. The fraction of sp³-hybridized carbons (Fsp3) is 0.263. The fourth-order valence-corrected chi connectivity index (χ4v) is 4.07. The van der Waals surface area contributed by atoms with E-state index in [1.165, 1.54) is 11.3 Å². The number of pyridine rings is 2. The lowest BCUT2D eigenvalue weighted by molar-refractivity contribution is 0.0750. The zero-order valence-electron chi connectivity index (χ0n) is 14.5. The number of anilines is 1. The molecular formula is C19H19N5OS. The van der Waals surface area contributed by atoms with Crippen molar-refractivity contribution in [1.29, 1.82) is 0 Å². The smallest absolute Gasteiger partial charge is 0.265 e. The molecule has 0 bridgehead atoms. The maximum atomic E-state index is 13.0. The minimum atomic E-state index is 0.0663. The van der Waals surface area contributed by atoms with Crippen molar-refractivity contribution in [3.63, 3.8) is 0 Å². The van der Waals surface area contributed by atoms with Crippen molar-refractivity contribution in [2.24, 2.45) is 0 Å². The van der Waals surface area contributed by atoms with Gasteiger partial charge in [-0.1, -0.05) is 6.07 Å². The molecule has 4 rings (SSSR count). The highest BCUT2D eigenvalue weighted by molar-refractivity contribution is 7.17. The second-order valence-corrected chi connectivity index (χ2v) is 7.13. The molecule has 0 atom stereocenters. The van der Waals surface area contributed by atoms with Gasteiger partial charge in [-0.2, -0.15) is 0 Å². The molecule has 7 heteroatoms. The Hall–Kier alpha value is -2.80. The van der Waals surface area contributed by atoms with Crippen LogP contribution in [0.4, 0.5) is 5.69 Å². The SMILES string of the molecule is Cc1nc(-c2ccccn2)sc1C(=O)N1CCN(c2ccncc2)CC1. The highest BCUT2D eigenvalue weighted by Gasteiger charge is 2.26. The summed E-state index contributed by atoms with van der Waals surface area (Å²) in [5.74, 6) is 0.0663. The van der Waals surface area contributed by atoms with E-state index >= 15 is 0 Å². The summed E-state index contributed by atoms with van der Waals surface area (Å²) in [4.78, 5) is 30.8. The molecule has 0 aromatic carbocycles. The largest absolute Gasteiger partial charge is 0.368 e. The average molecular weight is 365 g/mol. The van der Waals surface area contributed by atoms with Gasteiger partial charge in [0.15, 0.2) is 0 Å². The Morgan fingerprint density at radius 2 is 1.81 bits per heavy atom. The highest BCUT2D eigenvalue weighted by atomic mass is 32.1. The Bertz CT molecular complexity index is 889. The van der Waals surface area contributed by atoms with Crippen LogP contribution in [0.25, 0.3) is 10.7 Å². The topological polar surface area (TPSA) is 62.2 Å². The van der Waals surface area contributed by atoms with Crippen LogP contribution in [0.3, 0.4) is 0 Å². The first-order chi connectivity index (χ1) is 12.7. The van der Waals surface area contributed by atoms with Crippen LogP contribution >= 0.6 is 11.3 Å². The van der Waals surface area contributed by atoms with Crippen LogP contribution in [0.1, 0.15) is 15.4 Å². The number of piperazine rings is 1. The molecule has 3 aromatic heterocycles. The standard InChI is InChI=1S/C19H19N5OS/c1-14-17(26-18(22-14)16-4-2-3-7-21-16)19(25)24-12-10-23(11-13-24)15-5-8-20-9-6-15/h2-9H,10-13H2,1H3. The maximum absolute atomic E-state index is 13.0. The van der Waals surface area contributed by atoms with E-state index in [2.05, 4.69) is 19.9 Å². The summed E-state index contributed by atoms with van der Waals surface area (Å²) in [7, 11) is 0. The quantitative estimate of drug-likeness (QED) is 0.714. The Balaban J connectivity index is 1.47. The number of hydrogen-bond donors (Lipinski definition) is 0. The van der Waals surface area contributed by atoms with Gasteiger partial charge in [-0.25, -0.2) is 4.98 Å². The molecule has 1 aliphatic rings. The maximum Gasteiger partial charge on any atom is 0.265 e. The van der Waals surface area contributed by atoms with Crippen molar-refractivity contribution in [2.45, 2.75) is 6.92 Å². The molecule has 132 valence electrons. The summed E-state index contributed by atoms with van der Waals surface area (Å²) >= 11 is 1.42. The molecule has 4 heterocycles. The molecule has 1 amide bonds. The summed E-state index contributed by atoms with van der Waals surface area (Å²) in [5, 5.41) is 0.793. The Labute approximate surface area is 156 Å². The van der Waals surface area contributed by atoms with Crippen molar-refractivity contribution in [1.82, 2.24) is 19.9 Å². The van der Waals surface area contributed by atoms with Gasteiger partial charge in [-0.3, -0.25) is 14.8 Å². The van der Waals surface area contributed by atoms with Gasteiger partial charge in [0.2, 0.25) is 0 Å². The van der Waals surface area contributed by atoms with Gasteiger partial charge in [-0.05, 0) is 31.2 Å². The third-order valence-corrected chi connectivity index (χ3v) is 5.64. The predicted octanol–water partition coefficient (Wildman–Crippen LogP) is 2.87. The number of rotatable bonds is 3. The number of carbonyl (C=O) groups is 1. The van der Waals surface area contributed by atoms with Gasteiger partial charge in [-0.15, -0.1) is 11.3 Å². The zero-order chi connectivity index (χ0) is 17.9. The van der Waals surface area contributed by atoms with Crippen LogP contribution in [0.5, 0.6) is 0 Å². The third kappa shape index (κ3) is 3.30. The third-order valence-electron chi connectivity index (χ3n) is 4.47. The first-order valence-electron chi connectivity index (χ1n) is 8.55. The van der Waals surface area contributed by atoms with Crippen molar-refractivity contribution in [2.75, 3.05) is 31.1 Å². The predicted molar refractivity (Wildman–Crippen MR) is 102 cm³/mol. The van der Waals surface area contributed by atoms with Crippen LogP contribution < -0.4 is 4.90 Å². The molecule has 0 spiro atoms. The van der Waals surface area contributed by atoms with Crippen LogP contribution in [0.2, 0.25) is 0 Å². The molecular weight excluding hydrogens is 346 g/mol. The van der Waals surface area contributed by atoms with Gasteiger partial charge < -0.3 is 9.80 Å². The first-order valence-corrected chi connectivity index (χ1v) is 9.37. The first kappa shape index (κ1) is 16.7. The number of aryl methyl sites for hydroxylation is 1. The Kier molecular flexibility index (Phi) is 4.62. The van der Waals surface area contributed by atoms with Gasteiger partial charge in [0, 0.05) is 50.5 Å². The molecule has 0 N–H and O–H groups in total. The van der Waals surface area contributed by atoms with Gasteiger partial charge in [0.1, 0.15) is 9.88 Å². The summed E-state index contributed by atoms with van der Waals surface area (Å²) in [6.45, 7) is 4.94. The second-order valence-electron chi connectivity index (χ2n) is 6.13. The van der Waals surface area contributed by atoms with Crippen molar-refractivity contribution in [3.8, 4) is 10.7 Å². The fourth-order valence-electron chi connectivity index (χ4n) is 3.06. The van der Waals surface area contributed by atoms with Crippen LogP contribution in [-0.2, 0) is 0 Å². The molecule has 0 unspecified atom stereocenters. The second kappa shape index (κ2) is 7.21. The molecule has 3 aromatic rings. The summed E-state index contributed by atoms with van der Waals surface area (Å²) in [5.41, 5.74) is 2.73. The van der Waals surface area contributed by atoms with Crippen molar-refractivity contribution in [3.05, 3.63) is 59.5 Å². The Morgan fingerprint density at radius 1 is 1.04 bits per heavy atom. The molecule has 0 aliphatic carbocycles. The zero-order valence-corrected chi connectivity index (χ0v) is 15.3. The van der Waals surface area contributed by atoms with Gasteiger partial charge in [0.25, 0.3) is 5.91 Å². The van der Waals surface area contributed by atoms with Crippen LogP contribution in [0.15, 0.2) is 48.9 Å². The molecule has 1 fully saturated rings. The molecule has 6 nitrogen and oxygen atoms in total. The van der Waals surface area contributed by atoms with E-state index in [-0.39, 0.29) is 5.91 Å². The van der Waals surface area contributed by atoms with Crippen molar-refractivity contribution < 1.29 is 4.79 Å². The lowest BCUT2D eigenvalue weighted by atomic mass is 10.2. The average Bonchev–Trinajstić information content (AvgIpc) is 3.10. The van der Waals surface area contributed by atoms with Crippen LogP contribution in [-0.4, -0.2) is 51.9 Å². The van der Waals surface area contributed by atoms with E-state index in [1.807, 2.05) is 42.2 Å². The number of amides is 1.